The predicted molar refractivity (Wildman–Crippen MR) is 71.9 cm³/mol. The molecular formula is C14H17N3O2. The lowest BCUT2D eigenvalue weighted by Gasteiger charge is -2.14. The number of rotatable bonds is 5. The van der Waals surface area contributed by atoms with E-state index in [9.17, 15) is 4.79 Å². The van der Waals surface area contributed by atoms with E-state index in [1.54, 1.807) is 13.1 Å². The molecule has 2 rings (SSSR count). The molecular weight excluding hydrogens is 242 g/mol. The molecule has 1 aromatic carbocycles. The Balaban J connectivity index is 2.01. The smallest absolute Gasteiger partial charge is 0.405 e. The third kappa shape index (κ3) is 3.58. The van der Waals surface area contributed by atoms with Crippen LogP contribution in [0.3, 0.4) is 0 Å². The van der Waals surface area contributed by atoms with E-state index in [4.69, 9.17) is 5.11 Å². The summed E-state index contributed by atoms with van der Waals surface area (Å²) in [6.07, 6.45) is 3.42. The molecule has 1 atom stereocenters. The van der Waals surface area contributed by atoms with Crippen molar-refractivity contribution in [3.63, 3.8) is 0 Å². The van der Waals surface area contributed by atoms with Crippen LogP contribution in [0, 0.1) is 0 Å². The van der Waals surface area contributed by atoms with Gasteiger partial charge >= 0.3 is 6.09 Å². The van der Waals surface area contributed by atoms with Crippen LogP contribution in [0.1, 0.15) is 24.4 Å². The lowest BCUT2D eigenvalue weighted by molar-refractivity contribution is 0.190. The topological polar surface area (TPSA) is 67.2 Å². The minimum Gasteiger partial charge on any atom is -0.465 e. The zero-order valence-electron chi connectivity index (χ0n) is 10.8. The van der Waals surface area contributed by atoms with Gasteiger partial charge in [-0.1, -0.05) is 30.3 Å². The first kappa shape index (κ1) is 13.1. The Morgan fingerprint density at radius 1 is 1.42 bits per heavy atom. The van der Waals surface area contributed by atoms with Crippen molar-refractivity contribution in [1.82, 2.24) is 14.9 Å². The van der Waals surface area contributed by atoms with Crippen LogP contribution in [0.5, 0.6) is 0 Å². The van der Waals surface area contributed by atoms with Crippen LogP contribution in [-0.4, -0.2) is 20.8 Å². The average Bonchev–Trinajstić information content (AvgIpc) is 2.85. The van der Waals surface area contributed by atoms with Crippen molar-refractivity contribution in [2.75, 3.05) is 0 Å². The maximum absolute atomic E-state index is 10.6. The molecule has 1 heterocycles. The van der Waals surface area contributed by atoms with Gasteiger partial charge in [0.1, 0.15) is 5.82 Å². The van der Waals surface area contributed by atoms with Gasteiger partial charge in [-0.25, -0.2) is 9.78 Å². The van der Waals surface area contributed by atoms with Crippen LogP contribution in [0.15, 0.2) is 42.7 Å². The molecule has 0 saturated heterocycles. The Morgan fingerprint density at radius 3 is 2.84 bits per heavy atom. The second kappa shape index (κ2) is 6.04. The quantitative estimate of drug-likeness (QED) is 0.866. The SMILES string of the molecule is CC(NC(=O)O)c1nccn1CCc1ccccc1. The molecule has 0 fully saturated rings. The first-order valence-corrected chi connectivity index (χ1v) is 6.21. The fourth-order valence-corrected chi connectivity index (χ4v) is 2.03. The van der Waals surface area contributed by atoms with Crippen LogP contribution in [0.25, 0.3) is 0 Å². The van der Waals surface area contributed by atoms with Crippen molar-refractivity contribution >= 4 is 6.09 Å². The van der Waals surface area contributed by atoms with Gasteiger partial charge in [0.05, 0.1) is 6.04 Å². The highest BCUT2D eigenvalue weighted by molar-refractivity contribution is 5.64. The third-order valence-electron chi connectivity index (χ3n) is 2.96. The molecule has 100 valence electrons. The number of hydrogen-bond donors (Lipinski definition) is 2. The fourth-order valence-electron chi connectivity index (χ4n) is 2.03. The van der Waals surface area contributed by atoms with Crippen LogP contribution in [0.2, 0.25) is 0 Å². The van der Waals surface area contributed by atoms with Gasteiger partial charge in [0.2, 0.25) is 0 Å². The summed E-state index contributed by atoms with van der Waals surface area (Å²) in [4.78, 5) is 14.9. The van der Waals surface area contributed by atoms with E-state index in [2.05, 4.69) is 22.4 Å². The van der Waals surface area contributed by atoms with E-state index in [-0.39, 0.29) is 6.04 Å². The molecule has 0 aliphatic heterocycles. The van der Waals surface area contributed by atoms with E-state index < -0.39 is 6.09 Å². The zero-order chi connectivity index (χ0) is 13.7. The maximum atomic E-state index is 10.6. The van der Waals surface area contributed by atoms with Crippen LogP contribution in [0.4, 0.5) is 4.79 Å². The monoisotopic (exact) mass is 259 g/mol. The molecule has 0 spiro atoms. The summed E-state index contributed by atoms with van der Waals surface area (Å²) in [6, 6.07) is 9.86. The summed E-state index contributed by atoms with van der Waals surface area (Å²) < 4.78 is 1.98. The first-order chi connectivity index (χ1) is 9.16. The van der Waals surface area contributed by atoms with E-state index >= 15 is 0 Å². The molecule has 2 aromatic rings. The van der Waals surface area contributed by atoms with Crippen molar-refractivity contribution in [3.8, 4) is 0 Å². The number of nitrogens with one attached hydrogen (secondary N) is 1. The first-order valence-electron chi connectivity index (χ1n) is 6.21. The van der Waals surface area contributed by atoms with Gasteiger partial charge in [-0.2, -0.15) is 0 Å². The second-order valence-corrected chi connectivity index (χ2v) is 4.39. The fraction of sp³-hybridized carbons (Fsp3) is 0.286. The lowest BCUT2D eigenvalue weighted by atomic mass is 10.1. The number of benzene rings is 1. The number of nitrogens with zero attached hydrogens (tertiary/aromatic N) is 2. The van der Waals surface area contributed by atoms with E-state index in [1.165, 1.54) is 5.56 Å². The van der Waals surface area contributed by atoms with Crippen LogP contribution < -0.4 is 5.32 Å². The van der Waals surface area contributed by atoms with Crippen molar-refractivity contribution in [2.24, 2.45) is 0 Å². The van der Waals surface area contributed by atoms with E-state index in [0.717, 1.165) is 18.8 Å². The normalized spacial score (nSPS) is 12.1. The highest BCUT2D eigenvalue weighted by atomic mass is 16.4. The molecule has 0 bridgehead atoms. The van der Waals surface area contributed by atoms with Crippen molar-refractivity contribution in [2.45, 2.75) is 25.9 Å². The molecule has 0 saturated carbocycles. The standard InChI is InChI=1S/C14H17N3O2/c1-11(16-14(18)19)13-15-8-10-17(13)9-7-12-5-3-2-4-6-12/h2-6,8,10-11,16H,7,9H2,1H3,(H,18,19). The minimum atomic E-state index is -1.04. The molecule has 1 aromatic heterocycles. The van der Waals surface area contributed by atoms with E-state index in [0.29, 0.717) is 0 Å². The largest absolute Gasteiger partial charge is 0.465 e. The number of aryl methyl sites for hydroxylation is 2. The molecule has 1 amide bonds. The Bertz CT molecular complexity index is 537. The van der Waals surface area contributed by atoms with Gasteiger partial charge in [-0.3, -0.25) is 0 Å². The number of carbonyl (C=O) groups is 1. The summed E-state index contributed by atoms with van der Waals surface area (Å²) in [6.45, 7) is 2.57. The molecule has 0 aliphatic rings. The van der Waals surface area contributed by atoms with Gasteiger partial charge in [0.15, 0.2) is 0 Å². The van der Waals surface area contributed by atoms with Gasteiger partial charge in [0.25, 0.3) is 0 Å². The summed E-state index contributed by atoms with van der Waals surface area (Å²) in [5, 5.41) is 11.2. The van der Waals surface area contributed by atoms with E-state index in [1.807, 2.05) is 29.0 Å². The summed E-state index contributed by atoms with van der Waals surface area (Å²) >= 11 is 0. The van der Waals surface area contributed by atoms with Crippen molar-refractivity contribution < 1.29 is 9.90 Å². The van der Waals surface area contributed by atoms with Gasteiger partial charge in [0, 0.05) is 18.9 Å². The average molecular weight is 259 g/mol. The Labute approximate surface area is 111 Å². The highest BCUT2D eigenvalue weighted by Crippen LogP contribution is 2.11. The molecule has 1 unspecified atom stereocenters. The van der Waals surface area contributed by atoms with Crippen LogP contribution >= 0.6 is 0 Å². The van der Waals surface area contributed by atoms with Crippen molar-refractivity contribution in [1.29, 1.82) is 0 Å². The maximum Gasteiger partial charge on any atom is 0.405 e. The molecule has 0 radical (unpaired) electrons. The zero-order valence-corrected chi connectivity index (χ0v) is 10.8. The minimum absolute atomic E-state index is 0.316. The summed E-state index contributed by atoms with van der Waals surface area (Å²) in [5.74, 6) is 0.735. The molecule has 2 N–H and O–H groups in total. The number of carboxylic acid groups (broad SMARTS) is 1. The number of aromatic nitrogens is 2. The molecule has 0 aliphatic carbocycles. The number of hydrogen-bond acceptors (Lipinski definition) is 2. The Morgan fingerprint density at radius 2 is 2.16 bits per heavy atom. The highest BCUT2D eigenvalue weighted by Gasteiger charge is 2.13. The molecule has 5 heteroatoms. The summed E-state index contributed by atoms with van der Waals surface area (Å²) in [5.41, 5.74) is 1.25. The van der Waals surface area contributed by atoms with Gasteiger partial charge in [-0.05, 0) is 18.9 Å². The molecule has 19 heavy (non-hydrogen) atoms. The number of amides is 1. The lowest BCUT2D eigenvalue weighted by Crippen LogP contribution is -2.27. The molecule has 5 nitrogen and oxygen atoms in total. The second-order valence-electron chi connectivity index (χ2n) is 4.39. The summed E-state index contributed by atoms with van der Waals surface area (Å²) in [7, 11) is 0. The Kier molecular flexibility index (Phi) is 4.18. The van der Waals surface area contributed by atoms with Gasteiger partial charge in [-0.15, -0.1) is 0 Å². The van der Waals surface area contributed by atoms with Gasteiger partial charge < -0.3 is 15.0 Å². The Hall–Kier alpha value is -2.30. The third-order valence-corrected chi connectivity index (χ3v) is 2.96. The van der Waals surface area contributed by atoms with Crippen molar-refractivity contribution in [3.05, 3.63) is 54.1 Å². The number of imidazole rings is 1. The van der Waals surface area contributed by atoms with Crippen LogP contribution in [-0.2, 0) is 13.0 Å². The predicted octanol–water partition coefficient (Wildman–Crippen LogP) is 2.45.